The molecule has 1 amide bonds. The highest BCUT2D eigenvalue weighted by molar-refractivity contribution is 6.30. The van der Waals surface area contributed by atoms with Gasteiger partial charge in [0, 0.05) is 16.3 Å². The smallest absolute Gasteiger partial charge is 0.258 e. The summed E-state index contributed by atoms with van der Waals surface area (Å²) in [6.07, 6.45) is -0.885. The molecule has 0 fully saturated rings. The molecule has 0 heterocycles. The van der Waals surface area contributed by atoms with Crippen LogP contribution in [0.3, 0.4) is 0 Å². The Morgan fingerprint density at radius 1 is 1.07 bits per heavy atom. The molecule has 0 aromatic heterocycles. The summed E-state index contributed by atoms with van der Waals surface area (Å²) in [7, 11) is 0. The number of para-hydroxylation sites is 1. The summed E-state index contributed by atoms with van der Waals surface area (Å²) in [5.74, 6) is 4.71. The van der Waals surface area contributed by atoms with Gasteiger partial charge in [-0.1, -0.05) is 53.9 Å². The SMILES string of the molecule is CC#CCOC(C(=O)Nc1ccccc1-c1ccc(O)c(O)c1)c1ccc(Cl)cc1. The number of phenols is 2. The first-order valence-electron chi connectivity index (χ1n) is 9.18. The van der Waals surface area contributed by atoms with Gasteiger partial charge in [0.15, 0.2) is 17.6 Å². The van der Waals surface area contributed by atoms with Crippen LogP contribution in [0.15, 0.2) is 66.7 Å². The standard InChI is InChI=1S/C24H20ClNO4/c1-2-3-14-30-23(16-8-11-18(25)12-9-16)24(29)26-20-7-5-4-6-19(20)17-10-13-21(27)22(28)15-17/h4-13,15,23,27-28H,14H2,1H3,(H,26,29). The fourth-order valence-electron chi connectivity index (χ4n) is 2.89. The quantitative estimate of drug-likeness (QED) is 0.380. The van der Waals surface area contributed by atoms with E-state index < -0.39 is 6.10 Å². The molecule has 0 spiro atoms. The van der Waals surface area contributed by atoms with E-state index in [1.54, 1.807) is 49.4 Å². The Hall–Kier alpha value is -3.46. The van der Waals surface area contributed by atoms with Gasteiger partial charge < -0.3 is 20.3 Å². The lowest BCUT2D eigenvalue weighted by Crippen LogP contribution is -2.24. The average molecular weight is 422 g/mol. The third kappa shape index (κ3) is 5.12. The van der Waals surface area contributed by atoms with Crippen molar-refractivity contribution >= 4 is 23.2 Å². The third-order valence-corrected chi connectivity index (χ3v) is 4.63. The number of hydrogen-bond acceptors (Lipinski definition) is 4. The molecule has 0 radical (unpaired) electrons. The van der Waals surface area contributed by atoms with Crippen molar-refractivity contribution < 1.29 is 19.7 Å². The van der Waals surface area contributed by atoms with Crippen LogP contribution < -0.4 is 5.32 Å². The van der Waals surface area contributed by atoms with Crippen LogP contribution in [0.25, 0.3) is 11.1 Å². The third-order valence-electron chi connectivity index (χ3n) is 4.38. The molecule has 1 unspecified atom stereocenters. The maximum Gasteiger partial charge on any atom is 0.258 e. The Bertz CT molecular complexity index is 1100. The number of nitrogens with one attached hydrogen (secondary N) is 1. The highest BCUT2D eigenvalue weighted by Crippen LogP contribution is 2.34. The monoisotopic (exact) mass is 421 g/mol. The minimum atomic E-state index is -0.885. The van der Waals surface area contributed by atoms with Crippen molar-refractivity contribution in [3.63, 3.8) is 0 Å². The van der Waals surface area contributed by atoms with Gasteiger partial charge in [0.05, 0.1) is 0 Å². The van der Waals surface area contributed by atoms with Crippen LogP contribution in [0.2, 0.25) is 5.02 Å². The number of ether oxygens (including phenoxy) is 1. The molecule has 0 aliphatic heterocycles. The molecule has 3 aromatic carbocycles. The van der Waals surface area contributed by atoms with Crippen LogP contribution in [0.5, 0.6) is 11.5 Å². The number of rotatable bonds is 6. The normalized spacial score (nSPS) is 11.3. The number of carbonyl (C=O) groups excluding carboxylic acids is 1. The van der Waals surface area contributed by atoms with Crippen molar-refractivity contribution in [1.82, 2.24) is 0 Å². The number of benzene rings is 3. The maximum absolute atomic E-state index is 13.1. The van der Waals surface area contributed by atoms with Crippen LogP contribution in [0, 0.1) is 11.8 Å². The van der Waals surface area contributed by atoms with Crippen LogP contribution in [-0.4, -0.2) is 22.7 Å². The second kappa shape index (κ2) is 9.84. The summed E-state index contributed by atoms with van der Waals surface area (Å²) in [5.41, 5.74) is 2.51. The summed E-state index contributed by atoms with van der Waals surface area (Å²) in [6.45, 7) is 1.80. The van der Waals surface area contributed by atoms with E-state index in [4.69, 9.17) is 16.3 Å². The lowest BCUT2D eigenvalue weighted by atomic mass is 10.0. The summed E-state index contributed by atoms with van der Waals surface area (Å²) < 4.78 is 5.72. The number of amides is 1. The number of halogens is 1. The van der Waals surface area contributed by atoms with Crippen LogP contribution >= 0.6 is 11.6 Å². The Kier molecular flexibility index (Phi) is 6.97. The summed E-state index contributed by atoms with van der Waals surface area (Å²) in [5, 5.41) is 22.9. The predicted molar refractivity (Wildman–Crippen MR) is 117 cm³/mol. The highest BCUT2D eigenvalue weighted by atomic mass is 35.5. The minimum Gasteiger partial charge on any atom is -0.504 e. The van der Waals surface area contributed by atoms with Gasteiger partial charge in [0.25, 0.3) is 5.91 Å². The zero-order valence-electron chi connectivity index (χ0n) is 16.2. The van der Waals surface area contributed by atoms with Gasteiger partial charge in [-0.2, -0.15) is 0 Å². The molecule has 3 N–H and O–H groups in total. The number of carbonyl (C=O) groups is 1. The van der Waals surface area contributed by atoms with Gasteiger partial charge in [0.1, 0.15) is 6.61 Å². The summed E-state index contributed by atoms with van der Waals surface area (Å²) >= 11 is 5.96. The Morgan fingerprint density at radius 3 is 2.50 bits per heavy atom. The number of anilines is 1. The predicted octanol–water partition coefficient (Wildman–Crippen LogP) is 5.14. The average Bonchev–Trinajstić information content (AvgIpc) is 2.74. The van der Waals surface area contributed by atoms with Crippen molar-refractivity contribution in [2.24, 2.45) is 0 Å². The van der Waals surface area contributed by atoms with Gasteiger partial charge in [-0.05, 0) is 48.4 Å². The molecular formula is C24H20ClNO4. The first-order chi connectivity index (χ1) is 14.5. The lowest BCUT2D eigenvalue weighted by Gasteiger charge is -2.19. The summed E-state index contributed by atoms with van der Waals surface area (Å²) in [6, 6.07) is 18.5. The van der Waals surface area contributed by atoms with Gasteiger partial charge in [-0.15, -0.1) is 5.92 Å². The van der Waals surface area contributed by atoms with Crippen molar-refractivity contribution in [3.8, 4) is 34.5 Å². The van der Waals surface area contributed by atoms with Gasteiger partial charge in [0.2, 0.25) is 0 Å². The molecule has 152 valence electrons. The molecule has 6 heteroatoms. The number of aromatic hydroxyl groups is 2. The highest BCUT2D eigenvalue weighted by Gasteiger charge is 2.22. The zero-order chi connectivity index (χ0) is 21.5. The van der Waals surface area contributed by atoms with E-state index in [1.165, 1.54) is 12.1 Å². The summed E-state index contributed by atoms with van der Waals surface area (Å²) in [4.78, 5) is 13.1. The van der Waals surface area contributed by atoms with E-state index in [1.807, 2.05) is 12.1 Å². The molecule has 3 aromatic rings. The van der Waals surface area contributed by atoms with Crippen molar-refractivity contribution in [1.29, 1.82) is 0 Å². The van der Waals surface area contributed by atoms with E-state index in [9.17, 15) is 15.0 Å². The lowest BCUT2D eigenvalue weighted by molar-refractivity contribution is -0.126. The minimum absolute atomic E-state index is 0.102. The van der Waals surface area contributed by atoms with Gasteiger partial charge >= 0.3 is 0 Å². The van der Waals surface area contributed by atoms with E-state index in [-0.39, 0.29) is 24.0 Å². The van der Waals surface area contributed by atoms with Gasteiger partial charge in [-0.25, -0.2) is 0 Å². The number of phenolic OH excluding ortho intramolecular Hbond substituents is 2. The second-order valence-corrected chi connectivity index (χ2v) is 6.84. The molecular weight excluding hydrogens is 402 g/mol. The molecule has 1 atom stereocenters. The van der Waals surface area contributed by atoms with Crippen molar-refractivity contribution in [2.45, 2.75) is 13.0 Å². The first kappa shape index (κ1) is 21.3. The molecule has 0 saturated carbocycles. The molecule has 3 rings (SSSR count). The topological polar surface area (TPSA) is 78.8 Å². The fraction of sp³-hybridized carbons (Fsp3) is 0.125. The molecule has 0 saturated heterocycles. The Morgan fingerprint density at radius 2 is 1.80 bits per heavy atom. The molecule has 0 aliphatic carbocycles. The van der Waals surface area contributed by atoms with Crippen molar-refractivity contribution in [2.75, 3.05) is 11.9 Å². The van der Waals surface area contributed by atoms with Crippen molar-refractivity contribution in [3.05, 3.63) is 77.3 Å². The zero-order valence-corrected chi connectivity index (χ0v) is 17.0. The molecule has 5 nitrogen and oxygen atoms in total. The largest absolute Gasteiger partial charge is 0.504 e. The van der Waals surface area contributed by atoms with Gasteiger partial charge in [-0.3, -0.25) is 4.79 Å². The van der Waals surface area contributed by atoms with Crippen LogP contribution in [0.1, 0.15) is 18.6 Å². The Balaban J connectivity index is 1.90. The molecule has 30 heavy (non-hydrogen) atoms. The van der Waals surface area contributed by atoms with E-state index in [0.29, 0.717) is 27.4 Å². The Labute approximate surface area is 179 Å². The van der Waals surface area contributed by atoms with E-state index >= 15 is 0 Å². The van der Waals surface area contributed by atoms with Crippen LogP contribution in [-0.2, 0) is 9.53 Å². The fourth-order valence-corrected chi connectivity index (χ4v) is 3.02. The van der Waals surface area contributed by atoms with Crippen LogP contribution in [0.4, 0.5) is 5.69 Å². The number of hydrogen-bond donors (Lipinski definition) is 3. The second-order valence-electron chi connectivity index (χ2n) is 6.41. The molecule has 0 aliphatic rings. The first-order valence-corrected chi connectivity index (χ1v) is 9.56. The maximum atomic E-state index is 13.1. The van der Waals surface area contributed by atoms with E-state index in [2.05, 4.69) is 17.2 Å². The molecule has 0 bridgehead atoms. The van der Waals surface area contributed by atoms with E-state index in [0.717, 1.165) is 0 Å².